The Bertz CT molecular complexity index is 303. The van der Waals surface area contributed by atoms with E-state index in [0.29, 0.717) is 13.1 Å². The van der Waals surface area contributed by atoms with Crippen molar-refractivity contribution < 1.29 is 14.3 Å². The summed E-state index contributed by atoms with van der Waals surface area (Å²) in [5, 5.41) is 3.10. The van der Waals surface area contributed by atoms with E-state index in [4.69, 9.17) is 9.47 Å². The summed E-state index contributed by atoms with van der Waals surface area (Å²) in [4.78, 5) is 14.7. The van der Waals surface area contributed by atoms with Crippen molar-refractivity contribution in [3.8, 4) is 0 Å². The summed E-state index contributed by atoms with van der Waals surface area (Å²) in [7, 11) is 1.83. The molecule has 5 nitrogen and oxygen atoms in total. The van der Waals surface area contributed by atoms with E-state index < -0.39 is 5.54 Å². The molecule has 0 spiro atoms. The molecule has 116 valence electrons. The summed E-state index contributed by atoms with van der Waals surface area (Å²) in [6, 6.07) is 0. The fourth-order valence-corrected chi connectivity index (χ4v) is 2.81. The highest BCUT2D eigenvalue weighted by Gasteiger charge is 2.34. The highest BCUT2D eigenvalue weighted by molar-refractivity contribution is 5.85. The molecule has 0 aliphatic carbocycles. The minimum atomic E-state index is -0.544. The normalized spacial score (nSPS) is 26.9. The molecule has 2 heterocycles. The van der Waals surface area contributed by atoms with Crippen molar-refractivity contribution in [2.75, 3.05) is 33.4 Å². The number of carbonyl (C=O) groups excluding carboxylic acids is 1. The first-order valence-corrected chi connectivity index (χ1v) is 7.74. The SMILES string of the molecule is CNC(C)(C)C(=O)N(CC1CCCO1)CC1CCCO1. The van der Waals surface area contributed by atoms with Crippen LogP contribution in [-0.2, 0) is 14.3 Å². The van der Waals surface area contributed by atoms with E-state index in [-0.39, 0.29) is 18.1 Å². The van der Waals surface area contributed by atoms with Crippen molar-refractivity contribution in [2.24, 2.45) is 0 Å². The van der Waals surface area contributed by atoms with Crippen LogP contribution in [-0.4, -0.2) is 61.9 Å². The van der Waals surface area contributed by atoms with Gasteiger partial charge in [-0.15, -0.1) is 0 Å². The van der Waals surface area contributed by atoms with Gasteiger partial charge in [-0.1, -0.05) is 0 Å². The van der Waals surface area contributed by atoms with E-state index in [1.807, 2.05) is 25.8 Å². The predicted molar refractivity (Wildman–Crippen MR) is 77.7 cm³/mol. The Hall–Kier alpha value is -0.650. The lowest BCUT2D eigenvalue weighted by atomic mass is 10.0. The Labute approximate surface area is 122 Å². The first-order chi connectivity index (χ1) is 9.53. The minimum Gasteiger partial charge on any atom is -0.376 e. The number of ether oxygens (including phenoxy) is 2. The smallest absolute Gasteiger partial charge is 0.242 e. The number of nitrogens with zero attached hydrogens (tertiary/aromatic N) is 1. The number of nitrogens with one attached hydrogen (secondary N) is 1. The number of hydrogen-bond donors (Lipinski definition) is 1. The zero-order valence-corrected chi connectivity index (χ0v) is 13.0. The summed E-state index contributed by atoms with van der Waals surface area (Å²) in [6.45, 7) is 6.86. The van der Waals surface area contributed by atoms with Gasteiger partial charge in [0.15, 0.2) is 0 Å². The third kappa shape index (κ3) is 3.93. The van der Waals surface area contributed by atoms with Crippen LogP contribution in [0.3, 0.4) is 0 Å². The fourth-order valence-electron chi connectivity index (χ4n) is 2.81. The molecule has 2 saturated heterocycles. The van der Waals surface area contributed by atoms with Crippen LogP contribution in [0, 0.1) is 0 Å². The molecule has 2 atom stereocenters. The summed E-state index contributed by atoms with van der Waals surface area (Å²) < 4.78 is 11.4. The monoisotopic (exact) mass is 284 g/mol. The maximum atomic E-state index is 12.7. The van der Waals surface area contributed by atoms with Crippen LogP contribution in [0.4, 0.5) is 0 Å². The van der Waals surface area contributed by atoms with Gasteiger partial charge in [-0.3, -0.25) is 4.79 Å². The van der Waals surface area contributed by atoms with Gasteiger partial charge in [0.2, 0.25) is 5.91 Å². The number of carbonyl (C=O) groups is 1. The zero-order valence-electron chi connectivity index (χ0n) is 13.0. The van der Waals surface area contributed by atoms with Crippen molar-refractivity contribution in [2.45, 2.75) is 57.3 Å². The molecule has 2 aliphatic rings. The minimum absolute atomic E-state index is 0.131. The first-order valence-electron chi connectivity index (χ1n) is 7.74. The number of hydrogen-bond acceptors (Lipinski definition) is 4. The summed E-state index contributed by atoms with van der Waals surface area (Å²) in [5.41, 5.74) is -0.544. The van der Waals surface area contributed by atoms with Crippen molar-refractivity contribution >= 4 is 5.91 Å². The van der Waals surface area contributed by atoms with Gasteiger partial charge in [0.1, 0.15) is 0 Å². The second-order valence-corrected chi connectivity index (χ2v) is 6.36. The fraction of sp³-hybridized carbons (Fsp3) is 0.933. The molecule has 0 bridgehead atoms. The third-order valence-corrected chi connectivity index (χ3v) is 4.34. The topological polar surface area (TPSA) is 50.8 Å². The molecular formula is C15H28N2O3. The van der Waals surface area contributed by atoms with E-state index in [9.17, 15) is 4.79 Å². The third-order valence-electron chi connectivity index (χ3n) is 4.34. The van der Waals surface area contributed by atoms with Gasteiger partial charge < -0.3 is 19.7 Å². The van der Waals surface area contributed by atoms with E-state index >= 15 is 0 Å². The zero-order chi connectivity index (χ0) is 14.6. The molecule has 0 saturated carbocycles. The van der Waals surface area contributed by atoms with Crippen molar-refractivity contribution in [1.82, 2.24) is 10.2 Å². The molecular weight excluding hydrogens is 256 g/mol. The largest absolute Gasteiger partial charge is 0.376 e. The molecule has 20 heavy (non-hydrogen) atoms. The molecule has 2 aliphatic heterocycles. The Balaban J connectivity index is 1.99. The molecule has 0 aromatic heterocycles. The van der Waals surface area contributed by atoms with Gasteiger partial charge >= 0.3 is 0 Å². The van der Waals surface area contributed by atoms with Crippen molar-refractivity contribution in [1.29, 1.82) is 0 Å². The van der Waals surface area contributed by atoms with Crippen LogP contribution >= 0.6 is 0 Å². The van der Waals surface area contributed by atoms with Crippen molar-refractivity contribution in [3.05, 3.63) is 0 Å². The summed E-state index contributed by atoms with van der Waals surface area (Å²) in [6.07, 6.45) is 4.68. The van der Waals surface area contributed by atoms with Crippen LogP contribution in [0.5, 0.6) is 0 Å². The van der Waals surface area contributed by atoms with Gasteiger partial charge in [-0.05, 0) is 46.6 Å². The van der Waals surface area contributed by atoms with Gasteiger partial charge in [-0.2, -0.15) is 0 Å². The van der Waals surface area contributed by atoms with Crippen LogP contribution in [0.15, 0.2) is 0 Å². The Morgan fingerprint density at radius 3 is 2.00 bits per heavy atom. The van der Waals surface area contributed by atoms with E-state index in [2.05, 4.69) is 5.32 Å². The van der Waals surface area contributed by atoms with E-state index in [0.717, 1.165) is 38.9 Å². The predicted octanol–water partition coefficient (Wildman–Crippen LogP) is 1.17. The number of amides is 1. The Morgan fingerprint density at radius 2 is 1.65 bits per heavy atom. The van der Waals surface area contributed by atoms with E-state index in [1.54, 1.807) is 0 Å². The molecule has 2 unspecified atom stereocenters. The summed E-state index contributed by atoms with van der Waals surface area (Å²) in [5.74, 6) is 0.131. The lowest BCUT2D eigenvalue weighted by Gasteiger charge is -2.34. The molecule has 0 radical (unpaired) electrons. The summed E-state index contributed by atoms with van der Waals surface area (Å²) >= 11 is 0. The number of rotatable bonds is 6. The van der Waals surface area contributed by atoms with Crippen LogP contribution in [0.2, 0.25) is 0 Å². The maximum absolute atomic E-state index is 12.7. The van der Waals surface area contributed by atoms with Crippen LogP contribution in [0.25, 0.3) is 0 Å². The second-order valence-electron chi connectivity index (χ2n) is 6.36. The standard InChI is InChI=1S/C15H28N2O3/c1-15(2,16-3)14(18)17(10-12-6-4-8-19-12)11-13-7-5-9-20-13/h12-13,16H,4-11H2,1-3H3. The Morgan fingerprint density at radius 1 is 1.15 bits per heavy atom. The lowest BCUT2D eigenvalue weighted by molar-refractivity contribution is -0.140. The number of likely N-dealkylation sites (N-methyl/N-ethyl adjacent to an activating group) is 1. The first kappa shape index (κ1) is 15.7. The molecule has 5 heteroatoms. The van der Waals surface area contributed by atoms with Gasteiger partial charge in [0.25, 0.3) is 0 Å². The van der Waals surface area contributed by atoms with Crippen LogP contribution < -0.4 is 5.32 Å². The molecule has 0 aromatic rings. The average molecular weight is 284 g/mol. The van der Waals surface area contributed by atoms with Gasteiger partial charge in [-0.25, -0.2) is 0 Å². The van der Waals surface area contributed by atoms with Crippen LogP contribution in [0.1, 0.15) is 39.5 Å². The van der Waals surface area contributed by atoms with Crippen molar-refractivity contribution in [3.63, 3.8) is 0 Å². The molecule has 1 amide bonds. The highest BCUT2D eigenvalue weighted by atomic mass is 16.5. The highest BCUT2D eigenvalue weighted by Crippen LogP contribution is 2.19. The van der Waals surface area contributed by atoms with E-state index in [1.165, 1.54) is 0 Å². The Kier molecular flexibility index (Phi) is 5.41. The molecule has 0 aromatic carbocycles. The quantitative estimate of drug-likeness (QED) is 0.795. The molecule has 2 rings (SSSR count). The molecule has 2 fully saturated rings. The molecule has 1 N–H and O–H groups in total. The van der Waals surface area contributed by atoms with Gasteiger partial charge in [0.05, 0.1) is 17.7 Å². The second kappa shape index (κ2) is 6.87. The lowest BCUT2D eigenvalue weighted by Crippen LogP contribution is -2.55. The average Bonchev–Trinajstić information content (AvgIpc) is 3.10. The van der Waals surface area contributed by atoms with Gasteiger partial charge in [0, 0.05) is 26.3 Å². The maximum Gasteiger partial charge on any atom is 0.242 e.